The van der Waals surface area contributed by atoms with Crippen LogP contribution in [-0.2, 0) is 0 Å². The number of carbonyl (C=O) groups is 2. The summed E-state index contributed by atoms with van der Waals surface area (Å²) in [4.78, 5) is 26.6. The van der Waals surface area contributed by atoms with Crippen LogP contribution in [0.2, 0.25) is 0 Å². The predicted molar refractivity (Wildman–Crippen MR) is 65.1 cm³/mol. The molecule has 0 aliphatic rings. The van der Waals surface area contributed by atoms with E-state index in [1.165, 1.54) is 19.1 Å². The van der Waals surface area contributed by atoms with Gasteiger partial charge in [-0.25, -0.2) is 9.78 Å². The Morgan fingerprint density at radius 3 is 2.58 bits per heavy atom. The molecule has 0 saturated heterocycles. The Morgan fingerprint density at radius 2 is 2.05 bits per heavy atom. The monoisotopic (exact) mass is 261 g/mol. The Labute approximate surface area is 108 Å². The van der Waals surface area contributed by atoms with Gasteiger partial charge >= 0.3 is 5.97 Å². The number of carbonyl (C=O) groups excluding carboxylic acids is 1. The van der Waals surface area contributed by atoms with Gasteiger partial charge in [0.2, 0.25) is 5.88 Å². The molecule has 0 aliphatic carbocycles. The lowest BCUT2D eigenvalue weighted by atomic mass is 10.2. The molecule has 0 atom stereocenters. The Hall–Kier alpha value is -2.70. The minimum Gasteiger partial charge on any atom is -0.478 e. The van der Waals surface area contributed by atoms with Gasteiger partial charge in [-0.05, 0) is 26.0 Å². The Bertz CT molecular complexity index is 648. The van der Waals surface area contributed by atoms with E-state index >= 15 is 0 Å². The van der Waals surface area contributed by atoms with E-state index in [2.05, 4.69) is 15.5 Å². The molecule has 2 heterocycles. The lowest BCUT2D eigenvalue weighted by Crippen LogP contribution is -2.15. The van der Waals surface area contributed by atoms with Crippen LogP contribution in [0.4, 0.5) is 5.88 Å². The van der Waals surface area contributed by atoms with Crippen molar-refractivity contribution in [3.63, 3.8) is 0 Å². The number of aromatic nitrogens is 2. The van der Waals surface area contributed by atoms with E-state index in [9.17, 15) is 9.59 Å². The van der Waals surface area contributed by atoms with Crippen molar-refractivity contribution in [3.8, 4) is 0 Å². The van der Waals surface area contributed by atoms with Crippen LogP contribution in [-0.4, -0.2) is 27.1 Å². The van der Waals surface area contributed by atoms with Crippen molar-refractivity contribution in [2.24, 2.45) is 0 Å². The number of aryl methyl sites for hydroxylation is 2. The zero-order valence-corrected chi connectivity index (χ0v) is 10.3. The molecule has 0 radical (unpaired) electrons. The second-order valence-electron chi connectivity index (χ2n) is 3.92. The minimum atomic E-state index is -1.08. The van der Waals surface area contributed by atoms with Crippen LogP contribution in [0.3, 0.4) is 0 Å². The lowest BCUT2D eigenvalue weighted by Gasteiger charge is -2.04. The van der Waals surface area contributed by atoms with Crippen molar-refractivity contribution < 1.29 is 19.2 Å². The number of nitrogens with zero attached hydrogens (tertiary/aromatic N) is 2. The molecule has 2 aromatic rings. The summed E-state index contributed by atoms with van der Waals surface area (Å²) in [6.45, 7) is 3.25. The smallest absolute Gasteiger partial charge is 0.337 e. The van der Waals surface area contributed by atoms with Crippen LogP contribution in [0.5, 0.6) is 0 Å². The molecule has 0 bridgehead atoms. The first-order chi connectivity index (χ1) is 8.97. The molecule has 0 aliphatic heterocycles. The largest absolute Gasteiger partial charge is 0.478 e. The summed E-state index contributed by atoms with van der Waals surface area (Å²) < 4.78 is 4.84. The molecule has 0 unspecified atom stereocenters. The first kappa shape index (κ1) is 12.7. The van der Waals surface area contributed by atoms with Crippen LogP contribution in [0, 0.1) is 13.8 Å². The summed E-state index contributed by atoms with van der Waals surface area (Å²) in [6, 6.07) is 4.25. The average molecular weight is 261 g/mol. The van der Waals surface area contributed by atoms with Crippen molar-refractivity contribution in [1.82, 2.24) is 10.1 Å². The molecule has 2 aromatic heterocycles. The number of rotatable bonds is 3. The van der Waals surface area contributed by atoms with Gasteiger partial charge < -0.3 is 9.63 Å². The summed E-state index contributed by atoms with van der Waals surface area (Å²) in [5.74, 6) is -1.36. The number of pyridine rings is 1. The van der Waals surface area contributed by atoms with Crippen molar-refractivity contribution in [3.05, 3.63) is 40.8 Å². The van der Waals surface area contributed by atoms with Crippen LogP contribution in [0.15, 0.2) is 22.7 Å². The highest BCUT2D eigenvalue weighted by Gasteiger charge is 2.14. The van der Waals surface area contributed by atoms with E-state index < -0.39 is 11.9 Å². The molecular formula is C12H11N3O4. The summed E-state index contributed by atoms with van der Waals surface area (Å²) in [5, 5.41) is 15.0. The van der Waals surface area contributed by atoms with Crippen molar-refractivity contribution in [2.75, 3.05) is 5.32 Å². The quantitative estimate of drug-likeness (QED) is 0.870. The third-order valence-corrected chi connectivity index (χ3v) is 2.41. The van der Waals surface area contributed by atoms with Crippen molar-refractivity contribution in [2.45, 2.75) is 13.8 Å². The highest BCUT2D eigenvalue weighted by Crippen LogP contribution is 2.11. The van der Waals surface area contributed by atoms with Gasteiger partial charge in [0.25, 0.3) is 5.91 Å². The summed E-state index contributed by atoms with van der Waals surface area (Å²) in [5.41, 5.74) is 1.08. The van der Waals surface area contributed by atoms with Crippen LogP contribution < -0.4 is 5.32 Å². The molecule has 2 rings (SSSR count). The third kappa shape index (κ3) is 2.76. The number of anilines is 1. The first-order valence-electron chi connectivity index (χ1n) is 5.43. The van der Waals surface area contributed by atoms with Crippen LogP contribution in [0.1, 0.15) is 32.2 Å². The number of nitrogens with one attached hydrogen (secondary N) is 1. The standard InChI is InChI=1S/C12H11N3O4/c1-6-5-10(19-15-6)14-11(16)9-4-3-8(12(17)18)7(2)13-9/h3-5H,1-2H3,(H,14,16)(H,17,18). The van der Waals surface area contributed by atoms with Crippen molar-refractivity contribution >= 4 is 17.8 Å². The highest BCUT2D eigenvalue weighted by atomic mass is 16.5. The van der Waals surface area contributed by atoms with E-state index in [1.807, 2.05) is 0 Å². The molecule has 0 saturated carbocycles. The van der Waals surface area contributed by atoms with Gasteiger partial charge in [0.05, 0.1) is 17.0 Å². The van der Waals surface area contributed by atoms with Gasteiger partial charge in [-0.3, -0.25) is 10.1 Å². The van der Waals surface area contributed by atoms with Gasteiger partial charge in [-0.15, -0.1) is 0 Å². The molecule has 19 heavy (non-hydrogen) atoms. The Morgan fingerprint density at radius 1 is 1.32 bits per heavy atom. The van der Waals surface area contributed by atoms with E-state index in [0.29, 0.717) is 5.69 Å². The van der Waals surface area contributed by atoms with Crippen LogP contribution >= 0.6 is 0 Å². The predicted octanol–water partition coefficient (Wildman–Crippen LogP) is 1.64. The first-order valence-corrected chi connectivity index (χ1v) is 5.43. The normalized spacial score (nSPS) is 10.2. The summed E-state index contributed by atoms with van der Waals surface area (Å²) >= 11 is 0. The zero-order chi connectivity index (χ0) is 14.0. The topological polar surface area (TPSA) is 105 Å². The van der Waals surface area contributed by atoms with Gasteiger partial charge in [0.15, 0.2) is 0 Å². The second kappa shape index (κ2) is 4.89. The number of carboxylic acid groups (broad SMARTS) is 1. The minimum absolute atomic E-state index is 0.0621. The number of carboxylic acids is 1. The fourth-order valence-corrected chi connectivity index (χ4v) is 1.51. The maximum atomic E-state index is 11.8. The molecular weight excluding hydrogens is 250 g/mol. The fraction of sp³-hybridized carbons (Fsp3) is 0.167. The average Bonchev–Trinajstić information content (AvgIpc) is 2.74. The number of hydrogen-bond acceptors (Lipinski definition) is 5. The zero-order valence-electron chi connectivity index (χ0n) is 10.3. The molecule has 0 aromatic carbocycles. The number of hydrogen-bond donors (Lipinski definition) is 2. The summed E-state index contributed by atoms with van der Waals surface area (Å²) in [6.07, 6.45) is 0. The van der Waals surface area contributed by atoms with Crippen LogP contribution in [0.25, 0.3) is 0 Å². The number of aromatic carboxylic acids is 1. The molecule has 7 heteroatoms. The van der Waals surface area contributed by atoms with E-state index in [0.717, 1.165) is 0 Å². The lowest BCUT2D eigenvalue weighted by molar-refractivity contribution is 0.0695. The fourth-order valence-electron chi connectivity index (χ4n) is 1.51. The SMILES string of the molecule is Cc1cc(NC(=O)c2ccc(C(=O)O)c(C)n2)on1. The Balaban J connectivity index is 2.20. The van der Waals surface area contributed by atoms with E-state index in [-0.39, 0.29) is 22.8 Å². The molecule has 1 amide bonds. The molecule has 7 nitrogen and oxygen atoms in total. The second-order valence-corrected chi connectivity index (χ2v) is 3.92. The molecule has 0 fully saturated rings. The molecule has 0 spiro atoms. The van der Waals surface area contributed by atoms with Gasteiger partial charge in [-0.1, -0.05) is 5.16 Å². The van der Waals surface area contributed by atoms with Gasteiger partial charge in [-0.2, -0.15) is 0 Å². The van der Waals surface area contributed by atoms with E-state index in [1.54, 1.807) is 13.0 Å². The maximum absolute atomic E-state index is 11.8. The highest BCUT2D eigenvalue weighted by molar-refractivity contribution is 6.02. The van der Waals surface area contributed by atoms with Gasteiger partial charge in [0, 0.05) is 6.07 Å². The Kier molecular flexibility index (Phi) is 3.28. The molecule has 2 N–H and O–H groups in total. The molecule has 98 valence electrons. The third-order valence-electron chi connectivity index (χ3n) is 2.41. The maximum Gasteiger partial charge on any atom is 0.337 e. The number of amides is 1. The van der Waals surface area contributed by atoms with Crippen molar-refractivity contribution in [1.29, 1.82) is 0 Å². The van der Waals surface area contributed by atoms with E-state index in [4.69, 9.17) is 9.63 Å². The summed E-state index contributed by atoms with van der Waals surface area (Å²) in [7, 11) is 0. The van der Waals surface area contributed by atoms with Gasteiger partial charge in [0.1, 0.15) is 5.69 Å².